The molecule has 2 saturated heterocycles. The van der Waals surface area contributed by atoms with E-state index in [0.717, 1.165) is 6.04 Å². The van der Waals surface area contributed by atoms with Crippen LogP contribution in [0, 0.1) is 5.41 Å². The molecule has 2 atom stereocenters. The van der Waals surface area contributed by atoms with Crippen molar-refractivity contribution in [2.75, 3.05) is 7.05 Å². The summed E-state index contributed by atoms with van der Waals surface area (Å²) in [7, 11) is 2.21. The average Bonchev–Trinajstić information content (AvgIpc) is 2.16. The molecule has 2 heteroatoms. The first-order valence-electron chi connectivity index (χ1n) is 4.27. The van der Waals surface area contributed by atoms with Gasteiger partial charge in [-0.2, -0.15) is 0 Å². The van der Waals surface area contributed by atoms with Gasteiger partial charge in [0.2, 0.25) is 0 Å². The van der Waals surface area contributed by atoms with Gasteiger partial charge < -0.3 is 0 Å². The van der Waals surface area contributed by atoms with Crippen molar-refractivity contribution < 1.29 is 0 Å². The van der Waals surface area contributed by atoms with Crippen LogP contribution in [0.3, 0.4) is 0 Å². The second kappa shape index (κ2) is 2.05. The predicted molar refractivity (Wildman–Crippen MR) is 51.0 cm³/mol. The van der Waals surface area contributed by atoms with Crippen LogP contribution >= 0.6 is 12.2 Å². The lowest BCUT2D eigenvalue weighted by Crippen LogP contribution is -2.36. The lowest BCUT2D eigenvalue weighted by atomic mass is 9.77. The zero-order valence-electron chi connectivity index (χ0n) is 7.42. The van der Waals surface area contributed by atoms with E-state index in [1.165, 1.54) is 17.7 Å². The number of thiocarbonyl (C=S) groups is 1. The van der Waals surface area contributed by atoms with Crippen molar-refractivity contribution in [1.82, 2.24) is 4.90 Å². The molecule has 0 spiro atoms. The Bertz CT molecular complexity index is 210. The molecule has 2 rings (SSSR count). The summed E-state index contributed by atoms with van der Waals surface area (Å²) in [4.78, 5) is 3.75. The van der Waals surface area contributed by atoms with Crippen molar-refractivity contribution in [2.45, 2.75) is 38.8 Å². The standard InChI is InChI=1S/C9H15NS/c1-9(2)5-6-4-7(11)8(9)10(6)3/h6,8H,4-5H2,1-3H3/t6-,8+/m1/s1. The van der Waals surface area contributed by atoms with Crippen molar-refractivity contribution in [3.05, 3.63) is 0 Å². The van der Waals surface area contributed by atoms with Crippen LogP contribution in [-0.4, -0.2) is 28.9 Å². The molecule has 0 radical (unpaired) electrons. The molecule has 1 nitrogen and oxygen atoms in total. The number of hydrogen-bond acceptors (Lipinski definition) is 2. The Balaban J connectivity index is 2.34. The minimum atomic E-state index is 0.439. The average molecular weight is 169 g/mol. The van der Waals surface area contributed by atoms with Gasteiger partial charge in [0, 0.05) is 16.9 Å². The number of fused-ring (bicyclic) bond motifs is 2. The highest BCUT2D eigenvalue weighted by Crippen LogP contribution is 2.46. The van der Waals surface area contributed by atoms with Crippen molar-refractivity contribution in [2.24, 2.45) is 5.41 Å². The molecule has 0 N–H and O–H groups in total. The van der Waals surface area contributed by atoms with E-state index in [1.54, 1.807) is 0 Å². The van der Waals surface area contributed by atoms with E-state index in [0.29, 0.717) is 11.5 Å². The molecule has 2 heterocycles. The van der Waals surface area contributed by atoms with Gasteiger partial charge >= 0.3 is 0 Å². The normalized spacial score (nSPS) is 41.9. The number of rotatable bonds is 0. The fourth-order valence-corrected chi connectivity index (χ4v) is 3.53. The molecule has 2 fully saturated rings. The van der Waals surface area contributed by atoms with Crippen molar-refractivity contribution >= 4 is 17.1 Å². The molecule has 0 aromatic carbocycles. The van der Waals surface area contributed by atoms with Gasteiger partial charge in [0.15, 0.2) is 0 Å². The van der Waals surface area contributed by atoms with Gasteiger partial charge in [-0.1, -0.05) is 26.1 Å². The van der Waals surface area contributed by atoms with E-state index in [-0.39, 0.29) is 0 Å². The second-order valence-electron chi connectivity index (χ2n) is 4.58. The van der Waals surface area contributed by atoms with E-state index in [9.17, 15) is 0 Å². The predicted octanol–water partition coefficient (Wildman–Crippen LogP) is 1.86. The van der Waals surface area contributed by atoms with Crippen molar-refractivity contribution in [3.63, 3.8) is 0 Å². The van der Waals surface area contributed by atoms with Crippen LogP contribution in [0.2, 0.25) is 0 Å². The Hall–Kier alpha value is 0.0500. The molecular weight excluding hydrogens is 154 g/mol. The third-order valence-corrected chi connectivity index (χ3v) is 3.62. The molecular formula is C9H15NS. The van der Waals surface area contributed by atoms with Gasteiger partial charge in [0.05, 0.1) is 0 Å². The van der Waals surface area contributed by atoms with Crippen LogP contribution in [0.5, 0.6) is 0 Å². The summed E-state index contributed by atoms with van der Waals surface area (Å²) in [6.45, 7) is 4.67. The van der Waals surface area contributed by atoms with Gasteiger partial charge in [-0.3, -0.25) is 4.90 Å². The Morgan fingerprint density at radius 2 is 2.18 bits per heavy atom. The summed E-state index contributed by atoms with van der Waals surface area (Å²) < 4.78 is 0. The summed E-state index contributed by atoms with van der Waals surface area (Å²) in [6, 6.07) is 1.34. The molecule has 0 aliphatic carbocycles. The summed E-state index contributed by atoms with van der Waals surface area (Å²) in [6.07, 6.45) is 2.49. The SMILES string of the molecule is CN1[C@@H]2CC(=S)[C@H]1C(C)(C)C2. The zero-order chi connectivity index (χ0) is 8.22. The van der Waals surface area contributed by atoms with Crippen LogP contribution in [-0.2, 0) is 0 Å². The topological polar surface area (TPSA) is 3.24 Å². The molecule has 0 aromatic rings. The number of nitrogens with zero attached hydrogens (tertiary/aromatic N) is 1. The minimum absolute atomic E-state index is 0.439. The monoisotopic (exact) mass is 169 g/mol. The smallest absolute Gasteiger partial charge is 0.0463 e. The fourth-order valence-electron chi connectivity index (χ4n) is 2.85. The second-order valence-corrected chi connectivity index (χ2v) is 5.11. The van der Waals surface area contributed by atoms with Gasteiger partial charge in [-0.05, 0) is 25.3 Å². The molecule has 0 amide bonds. The molecule has 0 saturated carbocycles. The fraction of sp³-hybridized carbons (Fsp3) is 0.889. The molecule has 62 valence electrons. The van der Waals surface area contributed by atoms with Crippen molar-refractivity contribution in [1.29, 1.82) is 0 Å². The van der Waals surface area contributed by atoms with Gasteiger partial charge in [0.1, 0.15) is 0 Å². The Labute approximate surface area is 73.8 Å². The molecule has 2 bridgehead atoms. The van der Waals surface area contributed by atoms with Crippen LogP contribution in [0.1, 0.15) is 26.7 Å². The summed E-state index contributed by atoms with van der Waals surface area (Å²) in [5, 5.41) is 0. The van der Waals surface area contributed by atoms with Gasteiger partial charge in [0.25, 0.3) is 0 Å². The Morgan fingerprint density at radius 3 is 2.45 bits per heavy atom. The van der Waals surface area contributed by atoms with E-state index in [4.69, 9.17) is 12.2 Å². The van der Waals surface area contributed by atoms with E-state index < -0.39 is 0 Å². The lowest BCUT2D eigenvalue weighted by molar-refractivity contribution is 0.281. The highest BCUT2D eigenvalue weighted by atomic mass is 32.1. The third-order valence-electron chi connectivity index (χ3n) is 3.23. The Kier molecular flexibility index (Phi) is 1.43. The van der Waals surface area contributed by atoms with E-state index in [1.807, 2.05) is 0 Å². The first kappa shape index (κ1) is 7.69. The minimum Gasteiger partial charge on any atom is -0.295 e. The maximum absolute atomic E-state index is 5.35. The summed E-state index contributed by atoms with van der Waals surface area (Å²) >= 11 is 5.35. The maximum atomic E-state index is 5.35. The van der Waals surface area contributed by atoms with Crippen LogP contribution in [0.15, 0.2) is 0 Å². The molecule has 0 aromatic heterocycles. The summed E-state index contributed by atoms with van der Waals surface area (Å²) in [5.74, 6) is 0. The first-order valence-corrected chi connectivity index (χ1v) is 4.68. The number of hydrogen-bond donors (Lipinski definition) is 0. The van der Waals surface area contributed by atoms with Gasteiger partial charge in [-0.25, -0.2) is 0 Å². The third kappa shape index (κ3) is 0.890. The highest BCUT2D eigenvalue weighted by Gasteiger charge is 2.51. The van der Waals surface area contributed by atoms with Crippen LogP contribution in [0.25, 0.3) is 0 Å². The molecule has 2 aliphatic rings. The lowest BCUT2D eigenvalue weighted by Gasteiger charge is -2.29. The van der Waals surface area contributed by atoms with E-state index in [2.05, 4.69) is 25.8 Å². The molecule has 0 unspecified atom stereocenters. The molecule has 2 aliphatic heterocycles. The largest absolute Gasteiger partial charge is 0.295 e. The highest BCUT2D eigenvalue weighted by molar-refractivity contribution is 7.80. The quantitative estimate of drug-likeness (QED) is 0.509. The first-order chi connectivity index (χ1) is 5.02. The maximum Gasteiger partial charge on any atom is 0.0463 e. The molecule has 11 heavy (non-hydrogen) atoms. The van der Waals surface area contributed by atoms with Gasteiger partial charge in [-0.15, -0.1) is 0 Å². The zero-order valence-corrected chi connectivity index (χ0v) is 8.24. The van der Waals surface area contributed by atoms with Crippen molar-refractivity contribution in [3.8, 4) is 0 Å². The van der Waals surface area contributed by atoms with E-state index >= 15 is 0 Å². The van der Waals surface area contributed by atoms with Crippen LogP contribution in [0.4, 0.5) is 0 Å². The van der Waals surface area contributed by atoms with Crippen LogP contribution < -0.4 is 0 Å². The summed E-state index contributed by atoms with van der Waals surface area (Å²) in [5.41, 5.74) is 0.439. The Morgan fingerprint density at radius 1 is 1.55 bits per heavy atom.